The van der Waals surface area contributed by atoms with Crippen molar-refractivity contribution in [3.8, 4) is 0 Å². The maximum Gasteiger partial charge on any atom is 0.308 e. The fourth-order valence-corrected chi connectivity index (χ4v) is 1.51. The van der Waals surface area contributed by atoms with E-state index >= 15 is 0 Å². The molecule has 0 amide bonds. The zero-order valence-electron chi connectivity index (χ0n) is 10.9. The summed E-state index contributed by atoms with van der Waals surface area (Å²) in [7, 11) is 0. The van der Waals surface area contributed by atoms with E-state index in [0.717, 1.165) is 0 Å². The van der Waals surface area contributed by atoms with E-state index in [9.17, 15) is 19.8 Å². The molecule has 19 heavy (non-hydrogen) atoms. The summed E-state index contributed by atoms with van der Waals surface area (Å²) in [6.45, 7) is 3.26. The van der Waals surface area contributed by atoms with Gasteiger partial charge in [0.15, 0.2) is 5.78 Å². The minimum absolute atomic E-state index is 0.187. The summed E-state index contributed by atoms with van der Waals surface area (Å²) in [6, 6.07) is 2.95. The van der Waals surface area contributed by atoms with Crippen molar-refractivity contribution in [2.24, 2.45) is 0 Å². The lowest BCUT2D eigenvalue weighted by Crippen LogP contribution is -2.23. The van der Waals surface area contributed by atoms with Gasteiger partial charge in [0, 0.05) is 18.7 Å². The van der Waals surface area contributed by atoms with Crippen LogP contribution < -0.4 is 0 Å². The average molecular weight is 267 g/mol. The van der Waals surface area contributed by atoms with Gasteiger partial charge in [-0.3, -0.25) is 14.6 Å². The Morgan fingerprint density at radius 3 is 2.53 bits per heavy atom. The van der Waals surface area contributed by atoms with Crippen LogP contribution in [0, 0.1) is 0 Å². The molecule has 1 rings (SSSR count). The number of rotatable bonds is 6. The summed E-state index contributed by atoms with van der Waals surface area (Å²) in [4.78, 5) is 26.1. The molecule has 0 aliphatic carbocycles. The van der Waals surface area contributed by atoms with Gasteiger partial charge in [-0.1, -0.05) is 6.07 Å². The second-order valence-electron chi connectivity index (χ2n) is 4.05. The van der Waals surface area contributed by atoms with E-state index in [1.807, 2.05) is 0 Å². The number of ketones is 1. The Kier molecular flexibility index (Phi) is 5.59. The highest BCUT2D eigenvalue weighted by atomic mass is 16.5. The van der Waals surface area contributed by atoms with Crippen LogP contribution in [-0.4, -0.2) is 39.7 Å². The number of esters is 1. The van der Waals surface area contributed by atoms with Crippen LogP contribution in [0.4, 0.5) is 0 Å². The highest BCUT2D eigenvalue weighted by Crippen LogP contribution is 2.18. The first-order chi connectivity index (χ1) is 8.95. The monoisotopic (exact) mass is 267 g/mol. The normalized spacial score (nSPS) is 13.7. The summed E-state index contributed by atoms with van der Waals surface area (Å²) < 4.78 is 4.68. The van der Waals surface area contributed by atoms with E-state index in [1.54, 1.807) is 6.92 Å². The smallest absolute Gasteiger partial charge is 0.308 e. The summed E-state index contributed by atoms with van der Waals surface area (Å²) in [6.07, 6.45) is -1.53. The van der Waals surface area contributed by atoms with Crippen molar-refractivity contribution in [3.05, 3.63) is 29.6 Å². The quantitative estimate of drug-likeness (QED) is 0.579. The van der Waals surface area contributed by atoms with Crippen molar-refractivity contribution in [3.63, 3.8) is 0 Å². The first kappa shape index (κ1) is 15.3. The zero-order valence-corrected chi connectivity index (χ0v) is 10.9. The largest absolute Gasteiger partial charge is 0.466 e. The van der Waals surface area contributed by atoms with Gasteiger partial charge in [-0.15, -0.1) is 0 Å². The molecule has 104 valence electrons. The maximum atomic E-state index is 11.2. The van der Waals surface area contributed by atoms with Gasteiger partial charge in [-0.05, 0) is 13.0 Å². The van der Waals surface area contributed by atoms with Crippen LogP contribution in [-0.2, 0) is 9.53 Å². The molecule has 2 unspecified atom stereocenters. The minimum Gasteiger partial charge on any atom is -0.466 e. The van der Waals surface area contributed by atoms with Gasteiger partial charge in [0.25, 0.3) is 0 Å². The Labute approximate surface area is 111 Å². The van der Waals surface area contributed by atoms with Crippen LogP contribution in [0.25, 0.3) is 0 Å². The predicted molar refractivity (Wildman–Crippen MR) is 66.5 cm³/mol. The van der Waals surface area contributed by atoms with Crippen molar-refractivity contribution in [2.45, 2.75) is 32.5 Å². The third-order valence-electron chi connectivity index (χ3n) is 2.53. The second kappa shape index (κ2) is 6.96. The summed E-state index contributed by atoms with van der Waals surface area (Å²) >= 11 is 0. The Bertz CT molecular complexity index is 443. The molecule has 2 N–H and O–H groups in total. The molecule has 2 atom stereocenters. The van der Waals surface area contributed by atoms with E-state index in [4.69, 9.17) is 0 Å². The van der Waals surface area contributed by atoms with Crippen LogP contribution in [0.1, 0.15) is 42.4 Å². The van der Waals surface area contributed by atoms with Crippen molar-refractivity contribution in [2.75, 3.05) is 6.61 Å². The molecule has 0 saturated carbocycles. The first-order valence-corrected chi connectivity index (χ1v) is 5.94. The maximum absolute atomic E-state index is 11.2. The Morgan fingerprint density at radius 1 is 1.37 bits per heavy atom. The van der Waals surface area contributed by atoms with E-state index in [-0.39, 0.29) is 24.5 Å². The number of pyridine rings is 1. The molecule has 1 aromatic heterocycles. The van der Waals surface area contributed by atoms with Crippen LogP contribution in [0.15, 0.2) is 18.3 Å². The zero-order chi connectivity index (χ0) is 14.4. The van der Waals surface area contributed by atoms with Crippen molar-refractivity contribution in [1.29, 1.82) is 0 Å². The van der Waals surface area contributed by atoms with E-state index in [1.165, 1.54) is 25.3 Å². The van der Waals surface area contributed by atoms with Gasteiger partial charge in [0.1, 0.15) is 11.8 Å². The third kappa shape index (κ3) is 4.42. The number of aromatic nitrogens is 1. The standard InChI is InChI=1S/C13H17NO5/c1-3-19-12(17)6-11(16)13(18)9-4-5-10(8(2)15)14-7-9/h4-5,7,11,13,16,18H,3,6H2,1-2H3. The molecule has 1 aromatic rings. The first-order valence-electron chi connectivity index (χ1n) is 5.94. The minimum atomic E-state index is -1.27. The number of aliphatic hydroxyl groups excluding tert-OH is 2. The average Bonchev–Trinajstić information content (AvgIpc) is 2.38. The van der Waals surface area contributed by atoms with Gasteiger partial charge in [-0.25, -0.2) is 0 Å². The molecule has 6 nitrogen and oxygen atoms in total. The lowest BCUT2D eigenvalue weighted by molar-refractivity contribution is -0.147. The van der Waals surface area contributed by atoms with Crippen LogP contribution >= 0.6 is 0 Å². The second-order valence-corrected chi connectivity index (χ2v) is 4.05. The number of hydrogen-bond donors (Lipinski definition) is 2. The number of carbonyl (C=O) groups excluding carboxylic acids is 2. The lowest BCUT2D eigenvalue weighted by Gasteiger charge is -2.17. The summed E-state index contributed by atoms with van der Waals surface area (Å²) in [5.74, 6) is -0.768. The Morgan fingerprint density at radius 2 is 2.05 bits per heavy atom. The molecule has 0 aliphatic heterocycles. The molecule has 6 heteroatoms. The predicted octanol–water partition coefficient (Wildman–Crippen LogP) is 0.632. The SMILES string of the molecule is CCOC(=O)CC(O)C(O)c1ccc(C(C)=O)nc1. The molecule has 0 saturated heterocycles. The highest BCUT2D eigenvalue weighted by Gasteiger charge is 2.22. The van der Waals surface area contributed by atoms with Crippen molar-refractivity contribution in [1.82, 2.24) is 4.98 Å². The highest BCUT2D eigenvalue weighted by molar-refractivity contribution is 5.91. The Hall–Kier alpha value is -1.79. The Balaban J connectivity index is 2.68. The molecular formula is C13H17NO5. The fourth-order valence-electron chi connectivity index (χ4n) is 1.51. The third-order valence-corrected chi connectivity index (χ3v) is 2.53. The van der Waals surface area contributed by atoms with Crippen LogP contribution in [0.2, 0.25) is 0 Å². The van der Waals surface area contributed by atoms with Crippen LogP contribution in [0.3, 0.4) is 0 Å². The number of carbonyl (C=O) groups is 2. The number of aliphatic hydroxyl groups is 2. The molecule has 0 bridgehead atoms. The number of hydrogen-bond acceptors (Lipinski definition) is 6. The number of nitrogens with zero attached hydrogens (tertiary/aromatic N) is 1. The van der Waals surface area contributed by atoms with E-state index in [2.05, 4.69) is 9.72 Å². The van der Waals surface area contributed by atoms with E-state index < -0.39 is 18.2 Å². The summed E-state index contributed by atoms with van der Waals surface area (Å²) in [5.41, 5.74) is 0.609. The molecule has 0 spiro atoms. The lowest BCUT2D eigenvalue weighted by atomic mass is 10.0. The number of ether oxygens (including phenoxy) is 1. The van der Waals surface area contributed by atoms with Gasteiger partial charge in [0.05, 0.1) is 19.1 Å². The van der Waals surface area contributed by atoms with Crippen molar-refractivity contribution >= 4 is 11.8 Å². The number of Topliss-reactive ketones (excluding diaryl/α,β-unsaturated/α-hetero) is 1. The van der Waals surface area contributed by atoms with Crippen LogP contribution in [0.5, 0.6) is 0 Å². The molecule has 0 aliphatic rings. The molecule has 1 heterocycles. The van der Waals surface area contributed by atoms with E-state index in [0.29, 0.717) is 5.56 Å². The van der Waals surface area contributed by atoms with Gasteiger partial charge < -0.3 is 14.9 Å². The fraction of sp³-hybridized carbons (Fsp3) is 0.462. The molecular weight excluding hydrogens is 250 g/mol. The summed E-state index contributed by atoms with van der Waals surface area (Å²) in [5, 5.41) is 19.6. The molecule has 0 radical (unpaired) electrons. The molecule has 0 aromatic carbocycles. The van der Waals surface area contributed by atoms with Gasteiger partial charge in [-0.2, -0.15) is 0 Å². The van der Waals surface area contributed by atoms with Crippen molar-refractivity contribution < 1.29 is 24.5 Å². The van der Waals surface area contributed by atoms with Gasteiger partial charge >= 0.3 is 5.97 Å². The topological polar surface area (TPSA) is 96.7 Å². The van der Waals surface area contributed by atoms with Gasteiger partial charge in [0.2, 0.25) is 0 Å². The molecule has 0 fully saturated rings.